The van der Waals surface area contributed by atoms with Crippen molar-refractivity contribution in [3.05, 3.63) is 54.2 Å². The van der Waals surface area contributed by atoms with Gasteiger partial charge in [0.2, 0.25) is 0 Å². The Balaban J connectivity index is 1.94. The molecular formula is C11H11NO. The second-order valence-electron chi connectivity index (χ2n) is 2.93. The van der Waals surface area contributed by atoms with Crippen LogP contribution < -0.4 is 0 Å². The standard InChI is InChI=1S/C11H11NO/c1-2-11(13-9-1)4-3-10-5-7-12-8-6-10/h1-2,5-9H,3-4H2. The maximum atomic E-state index is 5.24. The van der Waals surface area contributed by atoms with Crippen LogP contribution in [0, 0.1) is 0 Å². The predicted molar refractivity (Wildman–Crippen MR) is 50.4 cm³/mol. The number of aromatic nitrogens is 1. The van der Waals surface area contributed by atoms with Gasteiger partial charge < -0.3 is 4.42 Å². The van der Waals surface area contributed by atoms with Crippen LogP contribution in [0.25, 0.3) is 0 Å². The smallest absolute Gasteiger partial charge is 0.104 e. The van der Waals surface area contributed by atoms with Gasteiger partial charge in [-0.25, -0.2) is 0 Å². The second kappa shape index (κ2) is 3.90. The van der Waals surface area contributed by atoms with Crippen molar-refractivity contribution in [2.24, 2.45) is 0 Å². The molecule has 0 spiro atoms. The summed E-state index contributed by atoms with van der Waals surface area (Å²) in [5, 5.41) is 0. The Morgan fingerprint density at radius 3 is 2.62 bits per heavy atom. The lowest BCUT2D eigenvalue weighted by Gasteiger charge is -1.97. The van der Waals surface area contributed by atoms with E-state index in [-0.39, 0.29) is 0 Å². The van der Waals surface area contributed by atoms with E-state index in [0.29, 0.717) is 0 Å². The van der Waals surface area contributed by atoms with Gasteiger partial charge in [-0.15, -0.1) is 0 Å². The van der Waals surface area contributed by atoms with E-state index in [1.165, 1.54) is 5.56 Å². The van der Waals surface area contributed by atoms with Gasteiger partial charge in [-0.3, -0.25) is 4.98 Å². The van der Waals surface area contributed by atoms with E-state index in [4.69, 9.17) is 4.42 Å². The lowest BCUT2D eigenvalue weighted by Crippen LogP contribution is -1.89. The molecule has 2 heteroatoms. The number of hydrogen-bond acceptors (Lipinski definition) is 2. The Morgan fingerprint density at radius 2 is 1.92 bits per heavy atom. The molecule has 0 aliphatic heterocycles. The fourth-order valence-corrected chi connectivity index (χ4v) is 1.27. The third-order valence-corrected chi connectivity index (χ3v) is 1.99. The maximum absolute atomic E-state index is 5.24. The molecule has 0 atom stereocenters. The van der Waals surface area contributed by atoms with E-state index >= 15 is 0 Å². The number of pyridine rings is 1. The molecule has 2 rings (SSSR count). The Labute approximate surface area is 77.2 Å². The van der Waals surface area contributed by atoms with Crippen LogP contribution >= 0.6 is 0 Å². The fourth-order valence-electron chi connectivity index (χ4n) is 1.27. The van der Waals surface area contributed by atoms with Crippen molar-refractivity contribution in [3.8, 4) is 0 Å². The molecule has 0 aliphatic rings. The highest BCUT2D eigenvalue weighted by molar-refractivity contribution is 5.11. The van der Waals surface area contributed by atoms with E-state index < -0.39 is 0 Å². The van der Waals surface area contributed by atoms with Gasteiger partial charge in [0.15, 0.2) is 0 Å². The average molecular weight is 173 g/mol. The summed E-state index contributed by atoms with van der Waals surface area (Å²) >= 11 is 0. The molecule has 2 heterocycles. The number of aryl methyl sites for hydroxylation is 2. The van der Waals surface area contributed by atoms with Gasteiger partial charge in [-0.1, -0.05) is 0 Å². The molecule has 2 nitrogen and oxygen atoms in total. The van der Waals surface area contributed by atoms with Gasteiger partial charge in [0.1, 0.15) is 5.76 Å². The van der Waals surface area contributed by atoms with Crippen LogP contribution in [0.1, 0.15) is 11.3 Å². The molecule has 0 amide bonds. The zero-order valence-electron chi connectivity index (χ0n) is 7.31. The first kappa shape index (κ1) is 8.05. The summed E-state index contributed by atoms with van der Waals surface area (Å²) in [4.78, 5) is 3.97. The molecule has 0 aliphatic carbocycles. The van der Waals surface area contributed by atoms with E-state index in [9.17, 15) is 0 Å². The summed E-state index contributed by atoms with van der Waals surface area (Å²) in [6.45, 7) is 0. The highest BCUT2D eigenvalue weighted by Gasteiger charge is 1.96. The number of furan rings is 1. The highest BCUT2D eigenvalue weighted by atomic mass is 16.3. The van der Waals surface area contributed by atoms with E-state index in [2.05, 4.69) is 4.98 Å². The molecule has 0 saturated heterocycles. The van der Waals surface area contributed by atoms with Gasteiger partial charge in [-0.2, -0.15) is 0 Å². The van der Waals surface area contributed by atoms with Crippen molar-refractivity contribution < 1.29 is 4.42 Å². The highest BCUT2D eigenvalue weighted by Crippen LogP contribution is 2.06. The van der Waals surface area contributed by atoms with E-state index in [0.717, 1.165) is 18.6 Å². The fraction of sp³-hybridized carbons (Fsp3) is 0.182. The van der Waals surface area contributed by atoms with Crippen LogP contribution in [0.4, 0.5) is 0 Å². The molecule has 0 fully saturated rings. The molecule has 66 valence electrons. The maximum Gasteiger partial charge on any atom is 0.104 e. The number of nitrogens with zero attached hydrogens (tertiary/aromatic N) is 1. The Morgan fingerprint density at radius 1 is 1.08 bits per heavy atom. The van der Waals surface area contributed by atoms with Gasteiger partial charge in [0, 0.05) is 18.8 Å². The minimum absolute atomic E-state index is 0.955. The van der Waals surface area contributed by atoms with Crippen LogP contribution in [0.5, 0.6) is 0 Å². The lowest BCUT2D eigenvalue weighted by molar-refractivity contribution is 0.508. The Bertz CT molecular complexity index is 340. The summed E-state index contributed by atoms with van der Waals surface area (Å²) in [5.41, 5.74) is 1.30. The topological polar surface area (TPSA) is 26.0 Å². The largest absolute Gasteiger partial charge is 0.469 e. The van der Waals surface area contributed by atoms with Crippen molar-refractivity contribution in [2.75, 3.05) is 0 Å². The normalized spacial score (nSPS) is 10.2. The lowest BCUT2D eigenvalue weighted by atomic mass is 10.1. The first-order valence-electron chi connectivity index (χ1n) is 4.36. The SMILES string of the molecule is c1coc(CCc2ccncc2)c1. The minimum Gasteiger partial charge on any atom is -0.469 e. The van der Waals surface area contributed by atoms with Crippen LogP contribution in [0.2, 0.25) is 0 Å². The summed E-state index contributed by atoms with van der Waals surface area (Å²) in [6.07, 6.45) is 7.31. The molecular weight excluding hydrogens is 162 g/mol. The zero-order chi connectivity index (χ0) is 8.93. The molecule has 0 N–H and O–H groups in total. The summed E-state index contributed by atoms with van der Waals surface area (Å²) in [5.74, 6) is 1.04. The zero-order valence-corrected chi connectivity index (χ0v) is 7.31. The summed E-state index contributed by atoms with van der Waals surface area (Å²) in [6, 6.07) is 7.98. The number of hydrogen-bond donors (Lipinski definition) is 0. The van der Waals surface area contributed by atoms with Crippen molar-refractivity contribution in [1.82, 2.24) is 4.98 Å². The van der Waals surface area contributed by atoms with Gasteiger partial charge in [-0.05, 0) is 36.2 Å². The van der Waals surface area contributed by atoms with Crippen LogP contribution in [-0.2, 0) is 12.8 Å². The van der Waals surface area contributed by atoms with Crippen LogP contribution in [0.15, 0.2) is 47.3 Å². The molecule has 0 unspecified atom stereocenters. The van der Waals surface area contributed by atoms with E-state index in [1.807, 2.05) is 36.7 Å². The minimum atomic E-state index is 0.955. The first-order chi connectivity index (χ1) is 6.45. The van der Waals surface area contributed by atoms with Gasteiger partial charge in [0.05, 0.1) is 6.26 Å². The molecule has 2 aromatic rings. The Kier molecular flexibility index (Phi) is 2.41. The van der Waals surface area contributed by atoms with Gasteiger partial charge in [0.25, 0.3) is 0 Å². The third kappa shape index (κ3) is 2.18. The van der Waals surface area contributed by atoms with Crippen molar-refractivity contribution in [3.63, 3.8) is 0 Å². The molecule has 0 bridgehead atoms. The molecule has 13 heavy (non-hydrogen) atoms. The summed E-state index contributed by atoms with van der Waals surface area (Å²) < 4.78 is 5.24. The molecule has 0 saturated carbocycles. The average Bonchev–Trinajstić information content (AvgIpc) is 2.69. The number of rotatable bonds is 3. The monoisotopic (exact) mass is 173 g/mol. The van der Waals surface area contributed by atoms with Gasteiger partial charge >= 0.3 is 0 Å². The van der Waals surface area contributed by atoms with Crippen LogP contribution in [-0.4, -0.2) is 4.98 Å². The predicted octanol–water partition coefficient (Wildman–Crippen LogP) is 2.46. The van der Waals surface area contributed by atoms with Crippen molar-refractivity contribution >= 4 is 0 Å². The van der Waals surface area contributed by atoms with Crippen molar-refractivity contribution in [2.45, 2.75) is 12.8 Å². The first-order valence-corrected chi connectivity index (χ1v) is 4.36. The summed E-state index contributed by atoms with van der Waals surface area (Å²) in [7, 11) is 0. The second-order valence-corrected chi connectivity index (χ2v) is 2.93. The van der Waals surface area contributed by atoms with E-state index in [1.54, 1.807) is 6.26 Å². The molecule has 2 aromatic heterocycles. The Hall–Kier alpha value is -1.57. The third-order valence-electron chi connectivity index (χ3n) is 1.99. The molecule has 0 aromatic carbocycles. The van der Waals surface area contributed by atoms with Crippen molar-refractivity contribution in [1.29, 1.82) is 0 Å². The van der Waals surface area contributed by atoms with Crippen LogP contribution in [0.3, 0.4) is 0 Å². The quantitative estimate of drug-likeness (QED) is 0.712. The molecule has 0 radical (unpaired) electrons.